The molecule has 0 N–H and O–H groups in total. The molecule has 0 spiro atoms. The van der Waals surface area contributed by atoms with Gasteiger partial charge in [0.15, 0.2) is 0 Å². The lowest BCUT2D eigenvalue weighted by atomic mass is 10.2. The van der Waals surface area contributed by atoms with Crippen molar-refractivity contribution in [3.05, 3.63) is 29.6 Å². The molecule has 0 amide bonds. The Morgan fingerprint density at radius 3 is 2.57 bits per heavy atom. The molecule has 0 radical (unpaired) electrons. The Bertz CT molecular complexity index is 680. The highest BCUT2D eigenvalue weighted by Crippen LogP contribution is 2.23. The van der Waals surface area contributed by atoms with Gasteiger partial charge in [-0.1, -0.05) is 6.07 Å². The maximum atomic E-state index is 13.6. The molecule has 0 atom stereocenters. The first-order valence-electron chi connectivity index (χ1n) is 6.03. The second kappa shape index (κ2) is 6.65. The summed E-state index contributed by atoms with van der Waals surface area (Å²) in [6.07, 6.45) is 0. The lowest BCUT2D eigenvalue weighted by molar-refractivity contribution is -0.141. The Morgan fingerprint density at radius 2 is 2.10 bits per heavy atom. The van der Waals surface area contributed by atoms with Crippen LogP contribution in [0.25, 0.3) is 0 Å². The number of hydrogen-bond acceptors (Lipinski definition) is 5. The van der Waals surface area contributed by atoms with Crippen molar-refractivity contribution in [2.45, 2.75) is 24.8 Å². The van der Waals surface area contributed by atoms with Crippen molar-refractivity contribution in [3.8, 4) is 6.07 Å². The zero-order chi connectivity index (χ0) is 16.2. The minimum atomic E-state index is -4.20. The molecule has 21 heavy (non-hydrogen) atoms. The maximum Gasteiger partial charge on any atom is 0.321 e. The van der Waals surface area contributed by atoms with E-state index in [4.69, 9.17) is 5.26 Å². The van der Waals surface area contributed by atoms with E-state index in [1.165, 1.54) is 12.1 Å². The molecule has 0 fully saturated rings. The van der Waals surface area contributed by atoms with Crippen molar-refractivity contribution in [2.24, 2.45) is 0 Å². The van der Waals surface area contributed by atoms with Crippen LogP contribution >= 0.6 is 0 Å². The number of carbonyl (C=O) groups excluding carboxylic acids is 1. The fourth-order valence-electron chi connectivity index (χ4n) is 1.69. The van der Waals surface area contributed by atoms with Gasteiger partial charge in [-0.05, 0) is 26.0 Å². The Labute approximate surface area is 122 Å². The van der Waals surface area contributed by atoms with E-state index >= 15 is 0 Å². The highest BCUT2D eigenvalue weighted by atomic mass is 32.2. The minimum absolute atomic E-state index is 0.470. The molecule has 8 heteroatoms. The predicted molar refractivity (Wildman–Crippen MR) is 72.2 cm³/mol. The van der Waals surface area contributed by atoms with Crippen molar-refractivity contribution < 1.29 is 22.3 Å². The van der Waals surface area contributed by atoms with Gasteiger partial charge in [0.1, 0.15) is 28.9 Å². The monoisotopic (exact) mass is 314 g/mol. The van der Waals surface area contributed by atoms with Gasteiger partial charge >= 0.3 is 5.97 Å². The molecule has 114 valence electrons. The second-order valence-electron chi connectivity index (χ2n) is 4.44. The molecule has 0 unspecified atom stereocenters. The average Bonchev–Trinajstić information content (AvgIpc) is 2.43. The third-order valence-electron chi connectivity index (χ3n) is 2.76. The first-order valence-corrected chi connectivity index (χ1v) is 7.47. The molecule has 0 aliphatic rings. The molecular weight excluding hydrogens is 299 g/mol. The van der Waals surface area contributed by atoms with Crippen LogP contribution < -0.4 is 0 Å². The lowest BCUT2D eigenvalue weighted by Crippen LogP contribution is -2.41. The standard InChI is InChI=1S/C13H15FN2O4S/c1-9(2)16(8-13(17)20-3)21(18,19)12-6-4-5-11(14)10(12)7-15/h4-6,9H,8H2,1-3H3. The number of methoxy groups -OCH3 is 1. The number of ether oxygens (including phenoxy) is 1. The smallest absolute Gasteiger partial charge is 0.321 e. The van der Waals surface area contributed by atoms with Crippen LogP contribution in [0.4, 0.5) is 4.39 Å². The third kappa shape index (κ3) is 3.56. The van der Waals surface area contributed by atoms with Gasteiger partial charge in [0.25, 0.3) is 0 Å². The van der Waals surface area contributed by atoms with Crippen molar-refractivity contribution >= 4 is 16.0 Å². The van der Waals surface area contributed by atoms with Gasteiger partial charge in [-0.25, -0.2) is 12.8 Å². The first kappa shape index (κ1) is 17.1. The van der Waals surface area contributed by atoms with E-state index in [1.807, 2.05) is 0 Å². The SMILES string of the molecule is COC(=O)CN(C(C)C)S(=O)(=O)c1cccc(F)c1C#N. The maximum absolute atomic E-state index is 13.6. The third-order valence-corrected chi connectivity index (χ3v) is 4.83. The van der Waals surface area contributed by atoms with E-state index < -0.39 is 44.9 Å². The van der Waals surface area contributed by atoms with Gasteiger partial charge in [0.05, 0.1) is 7.11 Å². The van der Waals surface area contributed by atoms with E-state index in [2.05, 4.69) is 4.74 Å². The first-order chi connectivity index (χ1) is 9.75. The largest absolute Gasteiger partial charge is 0.468 e. The molecule has 1 aromatic carbocycles. The number of hydrogen-bond donors (Lipinski definition) is 0. The number of rotatable bonds is 5. The van der Waals surface area contributed by atoms with E-state index in [-0.39, 0.29) is 0 Å². The average molecular weight is 314 g/mol. The van der Waals surface area contributed by atoms with Crippen molar-refractivity contribution in [3.63, 3.8) is 0 Å². The second-order valence-corrected chi connectivity index (χ2v) is 6.30. The number of esters is 1. The van der Waals surface area contributed by atoms with Crippen LogP contribution in [0.15, 0.2) is 23.1 Å². The number of sulfonamides is 1. The summed E-state index contributed by atoms with van der Waals surface area (Å²) in [4.78, 5) is 10.9. The Balaban J connectivity index is 3.41. The highest BCUT2D eigenvalue weighted by molar-refractivity contribution is 7.89. The molecule has 6 nitrogen and oxygen atoms in total. The quantitative estimate of drug-likeness (QED) is 0.764. The van der Waals surface area contributed by atoms with E-state index in [1.54, 1.807) is 13.8 Å². The lowest BCUT2D eigenvalue weighted by Gasteiger charge is -2.25. The van der Waals surface area contributed by atoms with Crippen LogP contribution in [0.5, 0.6) is 0 Å². The number of nitrogens with zero attached hydrogens (tertiary/aromatic N) is 2. The van der Waals surface area contributed by atoms with Crippen molar-refractivity contribution in [1.82, 2.24) is 4.31 Å². The summed E-state index contributed by atoms with van der Waals surface area (Å²) in [7, 11) is -3.07. The molecule has 0 saturated heterocycles. The van der Waals surface area contributed by atoms with Crippen molar-refractivity contribution in [2.75, 3.05) is 13.7 Å². The molecule has 0 aliphatic carbocycles. The fraction of sp³-hybridized carbons (Fsp3) is 0.385. The van der Waals surface area contributed by atoms with Gasteiger partial charge < -0.3 is 4.74 Å². The van der Waals surface area contributed by atoms with Gasteiger partial charge in [0.2, 0.25) is 10.0 Å². The van der Waals surface area contributed by atoms with Gasteiger partial charge in [-0.3, -0.25) is 4.79 Å². The van der Waals surface area contributed by atoms with Crippen LogP contribution in [0, 0.1) is 17.1 Å². The normalized spacial score (nSPS) is 11.5. The Morgan fingerprint density at radius 1 is 1.48 bits per heavy atom. The van der Waals surface area contributed by atoms with Crippen LogP contribution in [-0.2, 0) is 19.6 Å². The summed E-state index contributed by atoms with van der Waals surface area (Å²) < 4.78 is 44.0. The van der Waals surface area contributed by atoms with E-state index in [0.29, 0.717) is 0 Å². The molecule has 0 aliphatic heterocycles. The zero-order valence-electron chi connectivity index (χ0n) is 11.8. The minimum Gasteiger partial charge on any atom is -0.468 e. The zero-order valence-corrected chi connectivity index (χ0v) is 12.6. The van der Waals surface area contributed by atoms with E-state index in [0.717, 1.165) is 23.5 Å². The van der Waals surface area contributed by atoms with Gasteiger partial charge in [0, 0.05) is 6.04 Å². The van der Waals surface area contributed by atoms with Crippen LogP contribution in [0.3, 0.4) is 0 Å². The summed E-state index contributed by atoms with van der Waals surface area (Å²) in [6, 6.07) is 4.29. The molecular formula is C13H15FN2O4S. The van der Waals surface area contributed by atoms with Crippen LogP contribution in [0.2, 0.25) is 0 Å². The summed E-state index contributed by atoms with van der Waals surface area (Å²) >= 11 is 0. The van der Waals surface area contributed by atoms with Crippen LogP contribution in [-0.4, -0.2) is 38.4 Å². The molecule has 0 bridgehead atoms. The molecule has 1 aromatic rings. The summed E-state index contributed by atoms with van der Waals surface area (Å²) in [5.41, 5.74) is -0.576. The summed E-state index contributed by atoms with van der Waals surface area (Å²) in [5.74, 6) is -1.68. The van der Waals surface area contributed by atoms with Crippen molar-refractivity contribution in [1.29, 1.82) is 5.26 Å². The Hall–Kier alpha value is -1.98. The number of nitriles is 1. The highest BCUT2D eigenvalue weighted by Gasteiger charge is 2.32. The Kier molecular flexibility index (Phi) is 5.41. The number of benzene rings is 1. The summed E-state index contributed by atoms with van der Waals surface area (Å²) in [5, 5.41) is 8.95. The number of carbonyl (C=O) groups is 1. The topological polar surface area (TPSA) is 87.5 Å². The predicted octanol–water partition coefficient (Wildman–Crippen LogP) is 1.27. The van der Waals surface area contributed by atoms with Gasteiger partial charge in [-0.2, -0.15) is 9.57 Å². The molecule has 0 aromatic heterocycles. The fourth-order valence-corrected chi connectivity index (χ4v) is 3.43. The summed E-state index contributed by atoms with van der Waals surface area (Å²) in [6.45, 7) is 2.61. The van der Waals surface area contributed by atoms with Crippen LogP contribution in [0.1, 0.15) is 19.4 Å². The number of halogens is 1. The molecule has 1 rings (SSSR count). The van der Waals surface area contributed by atoms with Gasteiger partial charge in [-0.15, -0.1) is 0 Å². The molecule has 0 saturated carbocycles. The van der Waals surface area contributed by atoms with E-state index in [9.17, 15) is 17.6 Å². The molecule has 0 heterocycles.